The van der Waals surface area contributed by atoms with Crippen molar-refractivity contribution >= 4 is 34.4 Å². The van der Waals surface area contributed by atoms with E-state index in [9.17, 15) is 37.3 Å². The number of fused-ring (bicyclic) bond motifs is 1. The van der Waals surface area contributed by atoms with Crippen LogP contribution in [0, 0.1) is 15.9 Å². The molecule has 0 aliphatic heterocycles. The Morgan fingerprint density at radius 3 is 2.50 bits per heavy atom. The number of aromatic nitrogens is 2. The van der Waals surface area contributed by atoms with Gasteiger partial charge in [0, 0.05) is 22.9 Å². The zero-order chi connectivity index (χ0) is 31.4. The van der Waals surface area contributed by atoms with E-state index < -0.39 is 46.2 Å². The summed E-state index contributed by atoms with van der Waals surface area (Å²) >= 11 is 0. The first kappa shape index (κ1) is 29.6. The van der Waals surface area contributed by atoms with Gasteiger partial charge in [-0.3, -0.25) is 19.7 Å². The lowest BCUT2D eigenvalue weighted by Crippen LogP contribution is -2.21. The third-order valence-electron chi connectivity index (χ3n) is 6.19. The summed E-state index contributed by atoms with van der Waals surface area (Å²) in [5.74, 6) is -1.57. The molecule has 5 aromatic rings. The minimum absolute atomic E-state index is 0.0338. The fourth-order valence-electron chi connectivity index (χ4n) is 4.13. The second kappa shape index (κ2) is 12.1. The highest BCUT2D eigenvalue weighted by Crippen LogP contribution is 2.32. The van der Waals surface area contributed by atoms with Gasteiger partial charge < -0.3 is 10.1 Å². The molecule has 0 unspecified atom stereocenters. The third-order valence-corrected chi connectivity index (χ3v) is 6.19. The smallest absolute Gasteiger partial charge is 0.416 e. The average Bonchev–Trinajstić information content (AvgIpc) is 3.00. The number of amides is 1. The summed E-state index contributed by atoms with van der Waals surface area (Å²) in [5.41, 5.74) is -1.53. The Kier molecular flexibility index (Phi) is 8.15. The van der Waals surface area contributed by atoms with E-state index in [0.29, 0.717) is 5.69 Å². The van der Waals surface area contributed by atoms with Gasteiger partial charge in [0.05, 0.1) is 27.6 Å². The van der Waals surface area contributed by atoms with Gasteiger partial charge in [-0.25, -0.2) is 9.37 Å². The van der Waals surface area contributed by atoms with Crippen LogP contribution >= 0.6 is 0 Å². The van der Waals surface area contributed by atoms with Gasteiger partial charge in [0.1, 0.15) is 5.82 Å². The van der Waals surface area contributed by atoms with Crippen LogP contribution in [0.4, 0.5) is 28.9 Å². The van der Waals surface area contributed by atoms with E-state index in [2.05, 4.69) is 15.4 Å². The molecule has 5 rings (SSSR count). The molecule has 1 aromatic heterocycles. The van der Waals surface area contributed by atoms with E-state index in [-0.39, 0.29) is 33.6 Å². The molecule has 0 saturated carbocycles. The summed E-state index contributed by atoms with van der Waals surface area (Å²) in [4.78, 5) is 40.9. The fourth-order valence-corrected chi connectivity index (χ4v) is 4.13. The molecule has 14 heteroatoms. The van der Waals surface area contributed by atoms with E-state index in [1.54, 1.807) is 12.1 Å². The van der Waals surface area contributed by atoms with Gasteiger partial charge in [0.25, 0.3) is 11.5 Å². The zero-order valence-electron chi connectivity index (χ0n) is 22.3. The molecule has 1 heterocycles. The Balaban J connectivity index is 1.46. The van der Waals surface area contributed by atoms with Gasteiger partial charge in [0.15, 0.2) is 18.2 Å². The number of rotatable bonds is 8. The Labute approximate surface area is 245 Å². The van der Waals surface area contributed by atoms with Gasteiger partial charge in [-0.2, -0.15) is 22.9 Å². The molecule has 0 atom stereocenters. The number of nitro benzene ring substituents is 1. The molecule has 222 valence electrons. The molecule has 1 amide bonds. The number of nitrogens with one attached hydrogen (secondary N) is 1. The number of para-hydroxylation sites is 1. The van der Waals surface area contributed by atoms with Crippen LogP contribution in [0.1, 0.15) is 11.1 Å². The molecule has 0 spiro atoms. The number of benzene rings is 4. The number of carbonyl (C=O) groups is 1. The van der Waals surface area contributed by atoms with Crippen LogP contribution in [0.2, 0.25) is 0 Å². The van der Waals surface area contributed by atoms with Crippen molar-refractivity contribution in [3.63, 3.8) is 0 Å². The van der Waals surface area contributed by atoms with E-state index in [0.717, 1.165) is 41.2 Å². The molecule has 0 fully saturated rings. The maximum absolute atomic E-state index is 13.4. The Morgan fingerprint density at radius 1 is 1.02 bits per heavy atom. The largest absolute Gasteiger partial charge is 0.477 e. The van der Waals surface area contributed by atoms with Crippen LogP contribution < -0.4 is 15.6 Å². The van der Waals surface area contributed by atoms with Crippen molar-refractivity contribution in [2.75, 3.05) is 11.9 Å². The van der Waals surface area contributed by atoms with Crippen molar-refractivity contribution in [2.45, 2.75) is 6.18 Å². The van der Waals surface area contributed by atoms with E-state index >= 15 is 0 Å². The Morgan fingerprint density at radius 2 is 1.77 bits per heavy atom. The predicted molar refractivity (Wildman–Crippen MR) is 153 cm³/mol. The molecule has 0 aliphatic carbocycles. The summed E-state index contributed by atoms with van der Waals surface area (Å²) < 4.78 is 59.4. The first-order chi connectivity index (χ1) is 21.0. The van der Waals surface area contributed by atoms with Crippen molar-refractivity contribution in [3.8, 4) is 17.1 Å². The lowest BCUT2D eigenvalue weighted by atomic mass is 10.1. The number of hydrogen-bond donors (Lipinski definition) is 1. The third kappa shape index (κ3) is 6.59. The molecule has 10 nitrogen and oxygen atoms in total. The molecule has 0 bridgehead atoms. The summed E-state index contributed by atoms with van der Waals surface area (Å²) in [6, 6.07) is 19.1. The van der Waals surface area contributed by atoms with Gasteiger partial charge in [-0.15, -0.1) is 0 Å². The Hall–Kier alpha value is -5.92. The second-order valence-electron chi connectivity index (χ2n) is 9.22. The number of halogens is 4. The first-order valence-corrected chi connectivity index (χ1v) is 12.7. The van der Waals surface area contributed by atoms with Gasteiger partial charge in [-0.05, 0) is 60.7 Å². The lowest BCUT2D eigenvalue weighted by molar-refractivity contribution is -0.385. The molecule has 1 N–H and O–H groups in total. The summed E-state index contributed by atoms with van der Waals surface area (Å²) in [6.45, 7) is -0.593. The van der Waals surface area contributed by atoms with Gasteiger partial charge >= 0.3 is 11.9 Å². The molecule has 44 heavy (non-hydrogen) atoms. The minimum atomic E-state index is -4.65. The van der Waals surface area contributed by atoms with Gasteiger partial charge in [0.2, 0.25) is 0 Å². The van der Waals surface area contributed by atoms with Crippen LogP contribution in [-0.2, 0) is 11.0 Å². The van der Waals surface area contributed by atoms with Crippen molar-refractivity contribution in [3.05, 3.63) is 128 Å². The molecule has 0 saturated heterocycles. The molecular formula is C30H19F4N5O5. The quantitative estimate of drug-likeness (QED) is 0.0996. The van der Waals surface area contributed by atoms with E-state index in [1.165, 1.54) is 48.5 Å². The number of alkyl halides is 3. The van der Waals surface area contributed by atoms with Crippen LogP contribution in [0.15, 0.2) is 101 Å². The standard InChI is InChI=1S/C30H19F4N5O5/c31-21-9-11-22(12-10-21)36-27(40)17-44-26-13-8-18(14-25(26)39(42)43)16-35-38-28(19-4-3-5-20(15-19)30(32,33)34)37-24-7-2-1-6-23(24)29(38)41/h1-16H,17H2,(H,36,40). The van der Waals surface area contributed by atoms with Gasteiger partial charge in [-0.1, -0.05) is 24.3 Å². The SMILES string of the molecule is O=C(COc1ccc(C=Nn2c(-c3cccc(C(F)(F)F)c3)nc3ccccc3c2=O)cc1[N+](=O)[O-])Nc1ccc(F)cc1. The highest BCUT2D eigenvalue weighted by Gasteiger charge is 2.31. The summed E-state index contributed by atoms with van der Waals surface area (Å²) in [7, 11) is 0. The monoisotopic (exact) mass is 605 g/mol. The zero-order valence-corrected chi connectivity index (χ0v) is 22.3. The average molecular weight is 606 g/mol. The molecule has 0 radical (unpaired) electrons. The highest BCUT2D eigenvalue weighted by molar-refractivity contribution is 5.92. The van der Waals surface area contributed by atoms with Crippen LogP contribution in [0.25, 0.3) is 22.3 Å². The van der Waals surface area contributed by atoms with Crippen molar-refractivity contribution < 1.29 is 32.0 Å². The Bertz CT molecular complexity index is 1970. The van der Waals surface area contributed by atoms with Crippen LogP contribution in [0.5, 0.6) is 5.75 Å². The van der Waals surface area contributed by atoms with Crippen LogP contribution in [0.3, 0.4) is 0 Å². The molecule has 4 aromatic carbocycles. The van der Waals surface area contributed by atoms with Crippen molar-refractivity contribution in [1.82, 2.24) is 9.66 Å². The molecular weight excluding hydrogens is 586 g/mol. The fraction of sp³-hybridized carbons (Fsp3) is 0.0667. The summed E-state index contributed by atoms with van der Waals surface area (Å²) in [5, 5.41) is 18.5. The molecule has 0 aliphatic rings. The minimum Gasteiger partial charge on any atom is -0.477 e. The number of hydrogen-bond acceptors (Lipinski definition) is 7. The first-order valence-electron chi connectivity index (χ1n) is 12.7. The number of carbonyl (C=O) groups excluding carboxylic acids is 1. The maximum Gasteiger partial charge on any atom is 0.416 e. The number of ether oxygens (including phenoxy) is 1. The van der Waals surface area contributed by atoms with Crippen molar-refractivity contribution in [1.29, 1.82) is 0 Å². The van der Waals surface area contributed by atoms with E-state index in [4.69, 9.17) is 4.74 Å². The van der Waals surface area contributed by atoms with Crippen LogP contribution in [-0.4, -0.2) is 33.3 Å². The highest BCUT2D eigenvalue weighted by atomic mass is 19.4. The number of nitro groups is 1. The lowest BCUT2D eigenvalue weighted by Gasteiger charge is -2.12. The second-order valence-corrected chi connectivity index (χ2v) is 9.22. The van der Waals surface area contributed by atoms with E-state index in [1.807, 2.05) is 0 Å². The maximum atomic E-state index is 13.4. The summed E-state index contributed by atoms with van der Waals surface area (Å²) in [6.07, 6.45) is -3.54. The number of nitrogens with zero attached hydrogens (tertiary/aromatic N) is 4. The van der Waals surface area contributed by atoms with Crippen molar-refractivity contribution in [2.24, 2.45) is 5.10 Å². The number of anilines is 1. The predicted octanol–water partition coefficient (Wildman–Crippen LogP) is 6.03. The topological polar surface area (TPSA) is 129 Å². The normalized spacial score (nSPS) is 11.5.